The van der Waals surface area contributed by atoms with E-state index in [0.29, 0.717) is 6.42 Å². The van der Waals surface area contributed by atoms with E-state index < -0.39 is 56.3 Å². The van der Waals surface area contributed by atoms with Crippen molar-refractivity contribution in [2.75, 3.05) is 20.1 Å². The Hall–Kier alpha value is -2.21. The number of carbonyl (C=O) groups is 1. The standard InChI is InChI=1S/C27H32ClF4N3O3S/c1-34(22-9-5-7-19-15-18(11-12-20(19)22)17-35-13-3-2-4-14-35)25(36)16-24(27(30,31)32)33-39(37,38)23-10-6-8-21(28)26(23)29/h6,8,10-12,15,22,24,33H,2-5,7,9,13-14,16-17H2,1H3/t22-,24?/m1/s1. The quantitative estimate of drug-likeness (QED) is 0.407. The molecule has 0 bridgehead atoms. The molecule has 0 saturated carbocycles. The summed E-state index contributed by atoms with van der Waals surface area (Å²) in [6.07, 6.45) is -0.476. The number of alkyl halides is 3. The maximum atomic E-state index is 14.3. The van der Waals surface area contributed by atoms with Crippen LogP contribution in [-0.4, -0.2) is 56.5 Å². The Bertz CT molecular complexity index is 1300. The minimum absolute atomic E-state index is 0.429. The molecule has 1 heterocycles. The largest absolute Gasteiger partial charge is 0.405 e. The number of hydrogen-bond donors (Lipinski definition) is 1. The van der Waals surface area contributed by atoms with Crippen LogP contribution >= 0.6 is 11.6 Å². The minimum atomic E-state index is -5.09. The van der Waals surface area contributed by atoms with E-state index in [1.807, 2.05) is 12.1 Å². The number of piperidine rings is 1. The van der Waals surface area contributed by atoms with Crippen molar-refractivity contribution >= 4 is 27.5 Å². The molecule has 1 unspecified atom stereocenters. The van der Waals surface area contributed by atoms with E-state index in [4.69, 9.17) is 11.6 Å². The number of halogens is 5. The van der Waals surface area contributed by atoms with E-state index in [9.17, 15) is 30.8 Å². The summed E-state index contributed by atoms with van der Waals surface area (Å²) in [5, 5.41) is -0.549. The Balaban J connectivity index is 1.49. The van der Waals surface area contributed by atoms with Gasteiger partial charge >= 0.3 is 6.18 Å². The van der Waals surface area contributed by atoms with Gasteiger partial charge in [0.1, 0.15) is 10.9 Å². The number of fused-ring (bicyclic) bond motifs is 1. The van der Waals surface area contributed by atoms with Crippen LogP contribution in [0, 0.1) is 5.82 Å². The van der Waals surface area contributed by atoms with Crippen molar-refractivity contribution in [1.82, 2.24) is 14.5 Å². The summed E-state index contributed by atoms with van der Waals surface area (Å²) in [6.45, 7) is 2.96. The molecule has 0 spiro atoms. The number of rotatable bonds is 8. The molecule has 1 fully saturated rings. The lowest BCUT2D eigenvalue weighted by Crippen LogP contribution is -2.48. The highest BCUT2D eigenvalue weighted by Crippen LogP contribution is 2.36. The van der Waals surface area contributed by atoms with E-state index in [1.54, 1.807) is 0 Å². The monoisotopic (exact) mass is 589 g/mol. The Labute approximate surface area is 231 Å². The van der Waals surface area contributed by atoms with Crippen molar-refractivity contribution in [3.8, 4) is 0 Å². The van der Waals surface area contributed by atoms with Gasteiger partial charge in [-0.15, -0.1) is 0 Å². The Kier molecular flexibility index (Phi) is 9.25. The zero-order valence-electron chi connectivity index (χ0n) is 21.6. The van der Waals surface area contributed by atoms with Crippen LogP contribution in [0.1, 0.15) is 61.3 Å². The average molecular weight is 590 g/mol. The smallest absolute Gasteiger partial charge is 0.339 e. The van der Waals surface area contributed by atoms with Gasteiger partial charge in [-0.2, -0.15) is 17.9 Å². The van der Waals surface area contributed by atoms with Crippen LogP contribution in [0.5, 0.6) is 0 Å². The van der Waals surface area contributed by atoms with Gasteiger partial charge in [0.15, 0.2) is 5.82 Å². The van der Waals surface area contributed by atoms with Crippen LogP contribution < -0.4 is 4.72 Å². The SMILES string of the molecule is CN(C(=O)CC(NS(=O)(=O)c1cccc(Cl)c1F)C(F)(F)F)[C@@H]1CCCc2cc(CN3CCCCC3)ccc21. The molecule has 2 atom stereocenters. The van der Waals surface area contributed by atoms with Crippen LogP contribution in [-0.2, 0) is 27.8 Å². The number of benzene rings is 2. The average Bonchev–Trinajstić information content (AvgIpc) is 2.88. The molecule has 0 radical (unpaired) electrons. The van der Waals surface area contributed by atoms with Crippen molar-refractivity contribution in [2.24, 2.45) is 0 Å². The van der Waals surface area contributed by atoms with Gasteiger partial charge in [0.2, 0.25) is 15.9 Å². The second-order valence-corrected chi connectivity index (χ2v) is 12.3. The molecule has 1 aliphatic carbocycles. The second kappa shape index (κ2) is 12.1. The first-order chi connectivity index (χ1) is 18.4. The maximum absolute atomic E-state index is 14.3. The van der Waals surface area contributed by atoms with E-state index >= 15 is 0 Å². The van der Waals surface area contributed by atoms with Crippen molar-refractivity contribution < 1.29 is 30.8 Å². The number of carbonyl (C=O) groups excluding carboxylic acids is 1. The lowest BCUT2D eigenvalue weighted by atomic mass is 9.85. The predicted octanol–water partition coefficient (Wildman–Crippen LogP) is 5.60. The van der Waals surface area contributed by atoms with Crippen molar-refractivity contribution in [3.63, 3.8) is 0 Å². The highest BCUT2D eigenvalue weighted by molar-refractivity contribution is 7.89. The summed E-state index contributed by atoms with van der Waals surface area (Å²) in [5.74, 6) is -2.24. The topological polar surface area (TPSA) is 69.7 Å². The Morgan fingerprint density at radius 1 is 1.15 bits per heavy atom. The molecule has 1 saturated heterocycles. The zero-order chi connectivity index (χ0) is 28.4. The second-order valence-electron chi connectivity index (χ2n) is 10.3. The van der Waals surface area contributed by atoms with Crippen LogP contribution in [0.15, 0.2) is 41.3 Å². The van der Waals surface area contributed by atoms with Gasteiger partial charge in [-0.25, -0.2) is 12.8 Å². The first kappa shape index (κ1) is 29.8. The van der Waals surface area contributed by atoms with Gasteiger partial charge in [0.05, 0.1) is 17.5 Å². The first-order valence-electron chi connectivity index (χ1n) is 13.0. The Morgan fingerprint density at radius 2 is 1.87 bits per heavy atom. The molecule has 2 aromatic carbocycles. The molecule has 1 amide bonds. The number of sulfonamides is 1. The maximum Gasteiger partial charge on any atom is 0.405 e. The van der Waals surface area contributed by atoms with E-state index in [0.717, 1.165) is 61.8 Å². The van der Waals surface area contributed by atoms with Crippen LogP contribution in [0.2, 0.25) is 5.02 Å². The molecule has 39 heavy (non-hydrogen) atoms. The molecule has 12 heteroatoms. The molecule has 1 N–H and O–H groups in total. The van der Waals surface area contributed by atoms with Crippen molar-refractivity contribution in [1.29, 1.82) is 0 Å². The van der Waals surface area contributed by atoms with Crippen LogP contribution in [0.4, 0.5) is 17.6 Å². The zero-order valence-corrected chi connectivity index (χ0v) is 23.2. The molecule has 4 rings (SSSR count). The fraction of sp³-hybridized carbons (Fsp3) is 0.519. The predicted molar refractivity (Wildman–Crippen MR) is 140 cm³/mol. The molecule has 0 aromatic heterocycles. The van der Waals surface area contributed by atoms with Gasteiger partial charge < -0.3 is 4.90 Å². The van der Waals surface area contributed by atoms with E-state index in [-0.39, 0.29) is 0 Å². The van der Waals surface area contributed by atoms with Gasteiger partial charge in [-0.05, 0) is 74.0 Å². The molecular weight excluding hydrogens is 558 g/mol. The summed E-state index contributed by atoms with van der Waals surface area (Å²) in [5.41, 5.74) is 3.14. The number of hydrogen-bond acceptors (Lipinski definition) is 4. The summed E-state index contributed by atoms with van der Waals surface area (Å²) in [6, 6.07) is 5.91. The number of aryl methyl sites for hydroxylation is 1. The first-order valence-corrected chi connectivity index (χ1v) is 14.9. The van der Waals surface area contributed by atoms with Gasteiger partial charge in [-0.1, -0.05) is 42.3 Å². The number of nitrogens with one attached hydrogen (secondary N) is 1. The number of nitrogens with zero attached hydrogens (tertiary/aromatic N) is 2. The fourth-order valence-corrected chi connectivity index (χ4v) is 6.93. The third-order valence-electron chi connectivity index (χ3n) is 7.48. The van der Waals surface area contributed by atoms with Crippen molar-refractivity contribution in [3.05, 3.63) is 63.9 Å². The van der Waals surface area contributed by atoms with Gasteiger partial charge in [0.25, 0.3) is 0 Å². The summed E-state index contributed by atoms with van der Waals surface area (Å²) in [7, 11) is -3.53. The van der Waals surface area contributed by atoms with Gasteiger partial charge in [-0.3, -0.25) is 9.69 Å². The summed E-state index contributed by atoms with van der Waals surface area (Å²) in [4.78, 5) is 15.7. The normalized spacial score (nSPS) is 19.4. The lowest BCUT2D eigenvalue weighted by Gasteiger charge is -2.35. The van der Waals surface area contributed by atoms with Crippen LogP contribution in [0.3, 0.4) is 0 Å². The molecule has 214 valence electrons. The van der Waals surface area contributed by atoms with E-state index in [1.165, 1.54) is 41.5 Å². The minimum Gasteiger partial charge on any atom is -0.339 e. The highest BCUT2D eigenvalue weighted by Gasteiger charge is 2.45. The lowest BCUT2D eigenvalue weighted by molar-refractivity contribution is -0.161. The Morgan fingerprint density at radius 3 is 2.56 bits per heavy atom. The van der Waals surface area contributed by atoms with E-state index in [2.05, 4.69) is 11.0 Å². The third kappa shape index (κ3) is 7.11. The summed E-state index contributed by atoms with van der Waals surface area (Å²) < 4.78 is 82.6. The highest BCUT2D eigenvalue weighted by atomic mass is 35.5. The molecule has 6 nitrogen and oxygen atoms in total. The third-order valence-corrected chi connectivity index (χ3v) is 9.26. The summed E-state index contributed by atoms with van der Waals surface area (Å²) >= 11 is 5.61. The van der Waals surface area contributed by atoms with Gasteiger partial charge in [0, 0.05) is 13.6 Å². The fourth-order valence-electron chi connectivity index (χ4n) is 5.38. The van der Waals surface area contributed by atoms with Crippen LogP contribution in [0.25, 0.3) is 0 Å². The molecular formula is C27H32ClF4N3O3S. The number of amides is 1. The molecule has 2 aromatic rings. The van der Waals surface area contributed by atoms with Crippen molar-refractivity contribution in [2.45, 2.75) is 74.6 Å². The molecule has 1 aliphatic heterocycles. The molecule has 2 aliphatic rings. The number of likely N-dealkylation sites (tertiary alicyclic amines) is 1.